The monoisotopic (exact) mass is 326 g/mol. The molecule has 0 heterocycles. The fraction of sp³-hybridized carbons (Fsp3) is 0.750. The molecule has 0 aromatic heterocycles. The van der Waals surface area contributed by atoms with Gasteiger partial charge in [0.1, 0.15) is 12.2 Å². The summed E-state index contributed by atoms with van der Waals surface area (Å²) < 4.78 is 5.52. The highest BCUT2D eigenvalue weighted by atomic mass is 32.2. The van der Waals surface area contributed by atoms with Gasteiger partial charge in [-0.25, -0.2) is 0 Å². The van der Waals surface area contributed by atoms with Crippen LogP contribution in [0.2, 0.25) is 0 Å². The largest absolute Gasteiger partial charge is 0.481 e. The smallest absolute Gasteiger partial charge is 0.307 e. The predicted octanol–water partition coefficient (Wildman–Crippen LogP) is 2.94. The van der Waals surface area contributed by atoms with Crippen LogP contribution in [0.25, 0.3) is 0 Å². The van der Waals surface area contributed by atoms with E-state index in [-0.39, 0.29) is 11.4 Å². The van der Waals surface area contributed by atoms with Crippen molar-refractivity contribution in [3.05, 3.63) is 0 Å². The van der Waals surface area contributed by atoms with Gasteiger partial charge in [0, 0.05) is 10.5 Å². The van der Waals surface area contributed by atoms with Gasteiger partial charge in [-0.2, -0.15) is 0 Å². The average molecular weight is 326 g/mol. The Morgan fingerprint density at radius 1 is 0.955 bits per heavy atom. The molecular weight excluding hydrogens is 304 g/mol. The van der Waals surface area contributed by atoms with Crippen LogP contribution in [0.15, 0.2) is 0 Å². The molecule has 2 rings (SSSR count). The quantitative estimate of drug-likeness (QED) is 0.773. The molecule has 2 fully saturated rings. The third-order valence-electron chi connectivity index (χ3n) is 4.48. The predicted molar refractivity (Wildman–Crippen MR) is 83.2 cm³/mol. The van der Waals surface area contributed by atoms with Gasteiger partial charge in [-0.3, -0.25) is 9.59 Å². The zero-order valence-electron chi connectivity index (χ0n) is 12.5. The van der Waals surface area contributed by atoms with Crippen molar-refractivity contribution in [2.45, 2.75) is 62.7 Å². The molecule has 3 unspecified atom stereocenters. The summed E-state index contributed by atoms with van der Waals surface area (Å²) in [7, 11) is 0. The molecule has 3 atom stereocenters. The summed E-state index contributed by atoms with van der Waals surface area (Å²) in [5.41, 5.74) is 0. The Hall–Kier alpha value is -1.35. The van der Waals surface area contributed by atoms with Crippen LogP contribution in [-0.2, 0) is 14.3 Å². The lowest BCUT2D eigenvalue weighted by molar-refractivity contribution is -0.155. The van der Waals surface area contributed by atoms with Gasteiger partial charge >= 0.3 is 11.9 Å². The second-order valence-corrected chi connectivity index (χ2v) is 7.13. The molecule has 5 nitrogen and oxygen atoms in total. The molecule has 0 saturated heterocycles. The summed E-state index contributed by atoms with van der Waals surface area (Å²) in [4.78, 5) is 22.3. The lowest BCUT2D eigenvalue weighted by atomic mass is 9.79. The Morgan fingerprint density at radius 3 is 2.27 bits per heavy atom. The lowest BCUT2D eigenvalue weighted by Crippen LogP contribution is -2.36. The Bertz CT molecular complexity index is 461. The molecule has 2 aliphatic carbocycles. The second kappa shape index (κ2) is 8.33. The number of rotatable bonds is 4. The molecule has 2 saturated carbocycles. The molecule has 0 spiro atoms. The summed E-state index contributed by atoms with van der Waals surface area (Å²) in [6.45, 7) is 0. The number of carboxylic acids is 2. The van der Waals surface area contributed by atoms with Crippen LogP contribution in [0.5, 0.6) is 0 Å². The standard InChI is InChI=1S/C16H22O5S/c17-15(18)13-7-6-12(10-14(13)16(19)20)22-9-8-21-11-4-2-1-3-5-11/h11-14H,1-7,10H2,(H,17,18)(H,19,20). The van der Waals surface area contributed by atoms with E-state index in [1.54, 1.807) is 0 Å². The number of thioether (sulfide) groups is 1. The number of ether oxygens (including phenoxy) is 1. The highest BCUT2D eigenvalue weighted by Crippen LogP contribution is 2.36. The number of hydrogen-bond donors (Lipinski definition) is 2. The van der Waals surface area contributed by atoms with Gasteiger partial charge in [0.15, 0.2) is 0 Å². The first-order chi connectivity index (χ1) is 10.6. The molecule has 0 bridgehead atoms. The number of hydrogen-bond acceptors (Lipinski definition) is 4. The van der Waals surface area contributed by atoms with Gasteiger partial charge in [-0.05, 0) is 44.9 Å². The van der Waals surface area contributed by atoms with Crippen molar-refractivity contribution < 1.29 is 24.5 Å². The zero-order chi connectivity index (χ0) is 15.9. The van der Waals surface area contributed by atoms with E-state index >= 15 is 0 Å². The fourth-order valence-electron chi connectivity index (χ4n) is 3.21. The number of aliphatic carboxylic acids is 2. The molecule has 0 amide bonds. The maximum Gasteiger partial charge on any atom is 0.307 e. The highest BCUT2D eigenvalue weighted by molar-refractivity contribution is 8.04. The van der Waals surface area contributed by atoms with E-state index in [1.165, 1.54) is 31.0 Å². The van der Waals surface area contributed by atoms with Crippen molar-refractivity contribution in [1.29, 1.82) is 0 Å². The van der Waals surface area contributed by atoms with Crippen molar-refractivity contribution in [2.75, 3.05) is 0 Å². The van der Waals surface area contributed by atoms with E-state index in [4.69, 9.17) is 9.84 Å². The molecule has 22 heavy (non-hydrogen) atoms. The van der Waals surface area contributed by atoms with E-state index in [0.29, 0.717) is 19.3 Å². The van der Waals surface area contributed by atoms with Crippen LogP contribution in [0.4, 0.5) is 0 Å². The van der Waals surface area contributed by atoms with E-state index in [0.717, 1.165) is 12.8 Å². The summed E-state index contributed by atoms with van der Waals surface area (Å²) in [5, 5.41) is 21.2. The first kappa shape index (κ1) is 17.0. The molecule has 0 aliphatic heterocycles. The number of carboxylic acid groups (broad SMARTS) is 2. The second-order valence-electron chi connectivity index (χ2n) is 6.02. The zero-order valence-corrected chi connectivity index (χ0v) is 13.3. The average Bonchev–Trinajstić information content (AvgIpc) is 2.52. The Labute approximate surface area is 134 Å². The van der Waals surface area contributed by atoms with E-state index in [9.17, 15) is 14.7 Å². The van der Waals surface area contributed by atoms with Crippen molar-refractivity contribution in [1.82, 2.24) is 0 Å². The van der Waals surface area contributed by atoms with Crippen LogP contribution in [-0.4, -0.2) is 33.5 Å². The Balaban J connectivity index is 1.79. The molecule has 0 aromatic rings. The van der Waals surface area contributed by atoms with Gasteiger partial charge < -0.3 is 14.9 Å². The van der Waals surface area contributed by atoms with Crippen LogP contribution < -0.4 is 0 Å². The molecule has 2 aliphatic rings. The van der Waals surface area contributed by atoms with Crippen molar-refractivity contribution in [3.8, 4) is 11.4 Å². The highest BCUT2D eigenvalue weighted by Gasteiger charge is 2.39. The summed E-state index contributed by atoms with van der Waals surface area (Å²) >= 11 is 1.38. The van der Waals surface area contributed by atoms with Gasteiger partial charge in [-0.1, -0.05) is 18.2 Å². The molecule has 0 aromatic carbocycles. The van der Waals surface area contributed by atoms with E-state index < -0.39 is 23.8 Å². The van der Waals surface area contributed by atoms with Gasteiger partial charge in [0.05, 0.1) is 11.8 Å². The van der Waals surface area contributed by atoms with Gasteiger partial charge in [0.2, 0.25) is 0 Å². The van der Waals surface area contributed by atoms with Gasteiger partial charge in [-0.15, -0.1) is 0 Å². The molecule has 2 N–H and O–H groups in total. The van der Waals surface area contributed by atoms with Crippen LogP contribution >= 0.6 is 11.8 Å². The van der Waals surface area contributed by atoms with E-state index in [1.807, 2.05) is 0 Å². The van der Waals surface area contributed by atoms with Crippen molar-refractivity contribution >= 4 is 23.7 Å². The summed E-state index contributed by atoms with van der Waals surface area (Å²) in [6, 6.07) is 0. The Morgan fingerprint density at radius 2 is 1.64 bits per heavy atom. The Kier molecular flexibility index (Phi) is 6.44. The maximum absolute atomic E-state index is 11.2. The van der Waals surface area contributed by atoms with E-state index in [2.05, 4.69) is 11.4 Å². The van der Waals surface area contributed by atoms with Crippen LogP contribution in [0.1, 0.15) is 51.4 Å². The third-order valence-corrected chi connectivity index (χ3v) is 5.44. The topological polar surface area (TPSA) is 83.8 Å². The SMILES string of the molecule is O=C(O)C1CCC(SC#COC2CCCCC2)CC1C(=O)O. The van der Waals surface area contributed by atoms with Crippen LogP contribution in [0, 0.1) is 23.2 Å². The first-order valence-electron chi connectivity index (χ1n) is 7.85. The lowest BCUT2D eigenvalue weighted by Gasteiger charge is -2.29. The maximum atomic E-state index is 11.2. The van der Waals surface area contributed by atoms with Crippen molar-refractivity contribution in [2.24, 2.45) is 11.8 Å². The van der Waals surface area contributed by atoms with Crippen LogP contribution in [0.3, 0.4) is 0 Å². The molecule has 122 valence electrons. The third kappa shape index (κ3) is 4.84. The molecule has 0 radical (unpaired) electrons. The van der Waals surface area contributed by atoms with Gasteiger partial charge in [0.25, 0.3) is 0 Å². The minimum absolute atomic E-state index is 0.0687. The molecule has 6 heteroatoms. The normalized spacial score (nSPS) is 29.2. The van der Waals surface area contributed by atoms with Crippen molar-refractivity contribution in [3.63, 3.8) is 0 Å². The summed E-state index contributed by atoms with van der Waals surface area (Å²) in [6.07, 6.45) is 10.2. The minimum Gasteiger partial charge on any atom is -0.481 e. The minimum atomic E-state index is -1.02. The summed E-state index contributed by atoms with van der Waals surface area (Å²) in [5.74, 6) is -3.63. The first-order valence-corrected chi connectivity index (χ1v) is 8.72. The molecular formula is C16H22O5S. The number of carbonyl (C=O) groups is 2. The fourth-order valence-corrected chi connectivity index (χ4v) is 4.03.